The number of hydrogen-bond acceptors (Lipinski definition) is 7. The van der Waals surface area contributed by atoms with Crippen molar-refractivity contribution in [3.63, 3.8) is 0 Å². The first-order valence-corrected chi connectivity index (χ1v) is 10.8. The monoisotopic (exact) mass is 442 g/mol. The van der Waals surface area contributed by atoms with Crippen LogP contribution in [0.1, 0.15) is 21.9 Å². The zero-order valence-electron chi connectivity index (χ0n) is 17.1. The van der Waals surface area contributed by atoms with Crippen molar-refractivity contribution in [1.29, 1.82) is 0 Å². The van der Waals surface area contributed by atoms with Crippen LogP contribution in [0, 0.1) is 0 Å². The molecule has 158 valence electrons. The first kappa shape index (κ1) is 19.8. The maximum Gasteiger partial charge on any atom is 0.273 e. The molecule has 1 N–H and O–H groups in total. The Balaban J connectivity index is 1.35. The van der Waals surface area contributed by atoms with Gasteiger partial charge in [0.2, 0.25) is 11.7 Å². The predicted octanol–water partition coefficient (Wildman–Crippen LogP) is 4.44. The molecular weight excluding hydrogens is 424 g/mol. The molecule has 0 saturated carbocycles. The van der Waals surface area contributed by atoms with Gasteiger partial charge in [-0.3, -0.25) is 14.5 Å². The van der Waals surface area contributed by atoms with Crippen LogP contribution in [0.3, 0.4) is 0 Å². The first-order chi connectivity index (χ1) is 15.7. The number of nitrogens with one attached hydrogen (secondary N) is 1. The number of para-hydroxylation sites is 1. The fraction of sp³-hybridized carbons (Fsp3) is 0.0870. The Kier molecular flexibility index (Phi) is 5.30. The van der Waals surface area contributed by atoms with E-state index in [1.165, 1.54) is 0 Å². The van der Waals surface area contributed by atoms with Crippen molar-refractivity contribution >= 4 is 22.9 Å². The summed E-state index contributed by atoms with van der Waals surface area (Å²) in [6.07, 6.45) is 3.76. The molecule has 8 nitrogen and oxygen atoms in total. The fourth-order valence-electron chi connectivity index (χ4n) is 3.31. The van der Waals surface area contributed by atoms with Crippen LogP contribution in [0.2, 0.25) is 0 Å². The molecule has 1 amide bonds. The molecule has 0 spiro atoms. The SMILES string of the molecule is Cn1nc(-c2cccs2)cc1C(=O)Nc1ccccc1Cc1nc(-c2cccnc2)no1. The van der Waals surface area contributed by atoms with E-state index >= 15 is 0 Å². The Morgan fingerprint density at radius 1 is 1.16 bits per heavy atom. The number of amides is 1. The van der Waals surface area contributed by atoms with Crippen molar-refractivity contribution in [3.05, 3.63) is 89.5 Å². The molecule has 0 aliphatic rings. The minimum atomic E-state index is -0.239. The topological polar surface area (TPSA) is 98.7 Å². The van der Waals surface area contributed by atoms with Crippen molar-refractivity contribution in [1.82, 2.24) is 24.9 Å². The Morgan fingerprint density at radius 3 is 2.88 bits per heavy atom. The lowest BCUT2D eigenvalue weighted by molar-refractivity contribution is 0.101. The third kappa shape index (κ3) is 4.06. The summed E-state index contributed by atoms with van der Waals surface area (Å²) in [4.78, 5) is 22.5. The molecule has 4 aromatic heterocycles. The standard InChI is InChI=1S/C23H18N6O2S/c1-29-19(13-18(27-29)20-9-5-11-32-20)23(30)25-17-8-3-2-6-15(17)12-21-26-22(28-31-21)16-7-4-10-24-14-16/h2-11,13-14H,12H2,1H3,(H,25,30). The third-order valence-corrected chi connectivity index (χ3v) is 5.77. The number of aromatic nitrogens is 5. The lowest BCUT2D eigenvalue weighted by atomic mass is 10.1. The molecule has 0 aliphatic heterocycles. The van der Waals surface area contributed by atoms with Gasteiger partial charge in [0.15, 0.2) is 0 Å². The molecule has 5 aromatic rings. The summed E-state index contributed by atoms with van der Waals surface area (Å²) in [6.45, 7) is 0. The molecule has 0 bridgehead atoms. The number of hydrogen-bond donors (Lipinski definition) is 1. The van der Waals surface area contributed by atoms with Gasteiger partial charge in [0.05, 0.1) is 11.3 Å². The maximum atomic E-state index is 13.0. The Labute approximate surface area is 187 Å². The van der Waals surface area contributed by atoms with Crippen LogP contribution in [0.25, 0.3) is 22.0 Å². The summed E-state index contributed by atoms with van der Waals surface area (Å²) in [5.74, 6) is 0.688. The van der Waals surface area contributed by atoms with Crippen LogP contribution in [0.15, 0.2) is 76.9 Å². The highest BCUT2D eigenvalue weighted by Crippen LogP contribution is 2.25. The fourth-order valence-corrected chi connectivity index (χ4v) is 3.99. The van der Waals surface area contributed by atoms with Crippen LogP contribution < -0.4 is 5.32 Å². The van der Waals surface area contributed by atoms with Crippen molar-refractivity contribution < 1.29 is 9.32 Å². The number of anilines is 1. The number of carbonyl (C=O) groups is 1. The van der Waals surface area contributed by atoms with Gasteiger partial charge in [-0.1, -0.05) is 29.4 Å². The van der Waals surface area contributed by atoms with Gasteiger partial charge in [-0.15, -0.1) is 11.3 Å². The van der Waals surface area contributed by atoms with E-state index in [-0.39, 0.29) is 5.91 Å². The van der Waals surface area contributed by atoms with E-state index in [0.29, 0.717) is 29.5 Å². The second kappa shape index (κ2) is 8.56. The summed E-state index contributed by atoms with van der Waals surface area (Å²) < 4.78 is 7.01. The number of pyridine rings is 1. The van der Waals surface area contributed by atoms with Crippen molar-refractivity contribution in [3.8, 4) is 22.0 Å². The zero-order valence-corrected chi connectivity index (χ0v) is 17.9. The molecule has 0 fully saturated rings. The molecule has 0 radical (unpaired) electrons. The average Bonchev–Trinajstić information content (AvgIpc) is 3.57. The van der Waals surface area contributed by atoms with Crippen LogP contribution >= 0.6 is 11.3 Å². The number of benzene rings is 1. The van der Waals surface area contributed by atoms with E-state index in [4.69, 9.17) is 4.52 Å². The lowest BCUT2D eigenvalue weighted by Gasteiger charge is -2.09. The van der Waals surface area contributed by atoms with E-state index in [0.717, 1.165) is 21.7 Å². The Morgan fingerprint density at radius 2 is 2.06 bits per heavy atom. The third-order valence-electron chi connectivity index (χ3n) is 4.88. The smallest absolute Gasteiger partial charge is 0.273 e. The molecule has 0 saturated heterocycles. The molecule has 5 rings (SSSR count). The molecule has 32 heavy (non-hydrogen) atoms. The van der Waals surface area contributed by atoms with Gasteiger partial charge in [-0.25, -0.2) is 0 Å². The highest BCUT2D eigenvalue weighted by molar-refractivity contribution is 7.13. The van der Waals surface area contributed by atoms with Crippen LogP contribution in [0.4, 0.5) is 5.69 Å². The van der Waals surface area contributed by atoms with Gasteiger partial charge < -0.3 is 9.84 Å². The molecule has 1 aromatic carbocycles. The Hall–Kier alpha value is -4.11. The van der Waals surface area contributed by atoms with Gasteiger partial charge in [-0.2, -0.15) is 10.1 Å². The van der Waals surface area contributed by atoms with E-state index in [9.17, 15) is 4.79 Å². The minimum absolute atomic E-state index is 0.239. The molecule has 0 unspecified atom stereocenters. The van der Waals surface area contributed by atoms with E-state index < -0.39 is 0 Å². The van der Waals surface area contributed by atoms with Gasteiger partial charge in [0.25, 0.3) is 5.91 Å². The highest BCUT2D eigenvalue weighted by atomic mass is 32.1. The molecule has 0 aliphatic carbocycles. The number of aryl methyl sites for hydroxylation is 1. The average molecular weight is 443 g/mol. The lowest BCUT2D eigenvalue weighted by Crippen LogP contribution is -2.17. The number of nitrogens with zero attached hydrogens (tertiary/aromatic N) is 5. The van der Waals surface area contributed by atoms with Gasteiger partial charge in [-0.05, 0) is 41.3 Å². The molecule has 4 heterocycles. The van der Waals surface area contributed by atoms with Gasteiger partial charge in [0, 0.05) is 30.7 Å². The predicted molar refractivity (Wildman–Crippen MR) is 121 cm³/mol. The number of carbonyl (C=O) groups excluding carboxylic acids is 1. The second-order valence-corrected chi connectivity index (χ2v) is 8.00. The van der Waals surface area contributed by atoms with Gasteiger partial charge >= 0.3 is 0 Å². The molecule has 9 heteroatoms. The van der Waals surface area contributed by atoms with Crippen LogP contribution in [0.5, 0.6) is 0 Å². The minimum Gasteiger partial charge on any atom is -0.339 e. The van der Waals surface area contributed by atoms with Crippen molar-refractivity contribution in [2.24, 2.45) is 7.05 Å². The van der Waals surface area contributed by atoms with Gasteiger partial charge in [0.1, 0.15) is 11.4 Å². The summed E-state index contributed by atoms with van der Waals surface area (Å²) in [5, 5.41) is 13.5. The zero-order chi connectivity index (χ0) is 21.9. The summed E-state index contributed by atoms with van der Waals surface area (Å²) >= 11 is 1.58. The largest absolute Gasteiger partial charge is 0.339 e. The Bertz CT molecular complexity index is 1360. The molecule has 0 atom stereocenters. The van der Waals surface area contributed by atoms with E-state index in [2.05, 4.69) is 25.5 Å². The van der Waals surface area contributed by atoms with Crippen LogP contribution in [-0.2, 0) is 13.5 Å². The summed E-state index contributed by atoms with van der Waals surface area (Å²) in [7, 11) is 1.76. The molecular formula is C23H18N6O2S. The number of thiophene rings is 1. The summed E-state index contributed by atoms with van der Waals surface area (Å²) in [6, 6.07) is 17.0. The van der Waals surface area contributed by atoms with E-state index in [1.54, 1.807) is 41.5 Å². The first-order valence-electron chi connectivity index (χ1n) is 9.87. The van der Waals surface area contributed by atoms with Crippen molar-refractivity contribution in [2.75, 3.05) is 5.32 Å². The van der Waals surface area contributed by atoms with Crippen LogP contribution in [-0.4, -0.2) is 30.8 Å². The van der Waals surface area contributed by atoms with E-state index in [1.807, 2.05) is 53.9 Å². The second-order valence-electron chi connectivity index (χ2n) is 7.06. The highest BCUT2D eigenvalue weighted by Gasteiger charge is 2.17. The normalized spacial score (nSPS) is 10.9. The maximum absolute atomic E-state index is 13.0. The van der Waals surface area contributed by atoms with Crippen molar-refractivity contribution in [2.45, 2.75) is 6.42 Å². The number of rotatable bonds is 6. The summed E-state index contributed by atoms with van der Waals surface area (Å²) in [5.41, 5.74) is 3.57. The quantitative estimate of drug-likeness (QED) is 0.417.